The molecule has 0 bridgehead atoms. The van der Waals surface area contributed by atoms with Gasteiger partial charge in [0, 0.05) is 6.42 Å². The number of nitrogens with zero attached hydrogens (tertiary/aromatic N) is 1. The normalized spacial score (nSPS) is 12.7. The SMILES string of the molecule is Cc1ccccc1Cc1nc(C(C)O)co1. The summed E-state index contributed by atoms with van der Waals surface area (Å²) in [6.45, 7) is 3.74. The molecule has 0 spiro atoms. The van der Waals surface area contributed by atoms with E-state index in [1.807, 2.05) is 12.1 Å². The summed E-state index contributed by atoms with van der Waals surface area (Å²) in [5, 5.41) is 9.34. The highest BCUT2D eigenvalue weighted by Gasteiger charge is 2.09. The average Bonchev–Trinajstić information content (AvgIpc) is 2.70. The van der Waals surface area contributed by atoms with Crippen LogP contribution < -0.4 is 0 Å². The van der Waals surface area contributed by atoms with E-state index in [4.69, 9.17) is 4.42 Å². The second-order valence-electron chi connectivity index (χ2n) is 3.95. The van der Waals surface area contributed by atoms with Crippen molar-refractivity contribution in [1.29, 1.82) is 0 Å². The summed E-state index contributed by atoms with van der Waals surface area (Å²) in [4.78, 5) is 4.23. The first-order valence-corrected chi connectivity index (χ1v) is 5.33. The smallest absolute Gasteiger partial charge is 0.198 e. The van der Waals surface area contributed by atoms with Gasteiger partial charge in [-0.2, -0.15) is 0 Å². The summed E-state index contributed by atoms with van der Waals surface area (Å²) in [6, 6.07) is 8.13. The number of aliphatic hydroxyl groups is 1. The van der Waals surface area contributed by atoms with E-state index >= 15 is 0 Å². The zero-order chi connectivity index (χ0) is 11.5. The number of hydrogen-bond acceptors (Lipinski definition) is 3. The van der Waals surface area contributed by atoms with Gasteiger partial charge in [-0.15, -0.1) is 0 Å². The second-order valence-corrected chi connectivity index (χ2v) is 3.95. The van der Waals surface area contributed by atoms with E-state index in [0.29, 0.717) is 18.0 Å². The lowest BCUT2D eigenvalue weighted by Gasteiger charge is -2.01. The highest BCUT2D eigenvalue weighted by Crippen LogP contribution is 2.16. The van der Waals surface area contributed by atoms with Crippen LogP contribution in [-0.4, -0.2) is 10.1 Å². The summed E-state index contributed by atoms with van der Waals surface area (Å²) in [5.74, 6) is 0.644. The fraction of sp³-hybridized carbons (Fsp3) is 0.308. The minimum Gasteiger partial charge on any atom is -0.448 e. The third kappa shape index (κ3) is 2.31. The maximum absolute atomic E-state index is 9.34. The average molecular weight is 217 g/mol. The van der Waals surface area contributed by atoms with E-state index in [0.717, 1.165) is 0 Å². The van der Waals surface area contributed by atoms with Crippen molar-refractivity contribution in [2.75, 3.05) is 0 Å². The van der Waals surface area contributed by atoms with Crippen LogP contribution in [0.3, 0.4) is 0 Å². The van der Waals surface area contributed by atoms with E-state index in [9.17, 15) is 5.11 Å². The number of hydrogen-bond donors (Lipinski definition) is 1. The zero-order valence-electron chi connectivity index (χ0n) is 9.47. The van der Waals surface area contributed by atoms with Crippen LogP contribution in [0.5, 0.6) is 0 Å². The number of oxazole rings is 1. The molecule has 1 N–H and O–H groups in total. The Hall–Kier alpha value is -1.61. The van der Waals surface area contributed by atoms with Crippen LogP contribution in [0.1, 0.15) is 35.7 Å². The Balaban J connectivity index is 2.18. The first-order chi connectivity index (χ1) is 7.66. The summed E-state index contributed by atoms with van der Waals surface area (Å²) >= 11 is 0. The Labute approximate surface area is 94.8 Å². The van der Waals surface area contributed by atoms with Crippen LogP contribution in [-0.2, 0) is 6.42 Å². The van der Waals surface area contributed by atoms with Gasteiger partial charge < -0.3 is 9.52 Å². The van der Waals surface area contributed by atoms with E-state index in [-0.39, 0.29) is 0 Å². The Bertz CT molecular complexity index is 474. The molecule has 0 aliphatic heterocycles. The fourth-order valence-corrected chi connectivity index (χ4v) is 1.57. The molecule has 0 saturated heterocycles. The van der Waals surface area contributed by atoms with Gasteiger partial charge in [-0.1, -0.05) is 24.3 Å². The number of aryl methyl sites for hydroxylation is 1. The van der Waals surface area contributed by atoms with Gasteiger partial charge in [-0.3, -0.25) is 0 Å². The molecule has 0 radical (unpaired) electrons. The van der Waals surface area contributed by atoms with Crippen molar-refractivity contribution in [3.63, 3.8) is 0 Å². The Kier molecular flexibility index (Phi) is 3.06. The van der Waals surface area contributed by atoms with Gasteiger partial charge in [-0.05, 0) is 25.0 Å². The molecule has 84 valence electrons. The molecule has 1 atom stereocenters. The van der Waals surface area contributed by atoms with Crippen molar-refractivity contribution in [2.24, 2.45) is 0 Å². The summed E-state index contributed by atoms with van der Waals surface area (Å²) in [6.07, 6.45) is 1.60. The van der Waals surface area contributed by atoms with Crippen LogP contribution in [0.25, 0.3) is 0 Å². The second kappa shape index (κ2) is 4.49. The van der Waals surface area contributed by atoms with Crippen molar-refractivity contribution in [3.05, 3.63) is 53.2 Å². The van der Waals surface area contributed by atoms with E-state index in [1.165, 1.54) is 17.4 Å². The Morgan fingerprint density at radius 1 is 1.38 bits per heavy atom. The molecule has 0 aliphatic rings. The van der Waals surface area contributed by atoms with Crippen LogP contribution in [0, 0.1) is 6.92 Å². The predicted octanol–water partition coefficient (Wildman–Crippen LogP) is 2.63. The first-order valence-electron chi connectivity index (χ1n) is 5.33. The molecule has 16 heavy (non-hydrogen) atoms. The molecule has 0 aliphatic carbocycles. The molecule has 2 rings (SSSR count). The topological polar surface area (TPSA) is 46.3 Å². The summed E-state index contributed by atoms with van der Waals surface area (Å²) < 4.78 is 5.31. The molecular weight excluding hydrogens is 202 g/mol. The Morgan fingerprint density at radius 2 is 2.12 bits per heavy atom. The number of aromatic nitrogens is 1. The fourth-order valence-electron chi connectivity index (χ4n) is 1.57. The molecule has 3 nitrogen and oxygen atoms in total. The third-order valence-corrected chi connectivity index (χ3v) is 2.60. The van der Waals surface area contributed by atoms with Crippen LogP contribution >= 0.6 is 0 Å². The number of benzene rings is 1. The largest absolute Gasteiger partial charge is 0.448 e. The van der Waals surface area contributed by atoms with Gasteiger partial charge in [0.15, 0.2) is 5.89 Å². The van der Waals surface area contributed by atoms with Crippen molar-refractivity contribution in [2.45, 2.75) is 26.4 Å². The van der Waals surface area contributed by atoms with Crippen LogP contribution in [0.2, 0.25) is 0 Å². The van der Waals surface area contributed by atoms with Gasteiger partial charge in [0.05, 0.1) is 6.10 Å². The first kappa shape index (κ1) is 10.9. The summed E-state index contributed by atoms with van der Waals surface area (Å²) in [5.41, 5.74) is 3.00. The highest BCUT2D eigenvalue weighted by atomic mass is 16.3. The van der Waals surface area contributed by atoms with Gasteiger partial charge in [-0.25, -0.2) is 4.98 Å². The van der Waals surface area contributed by atoms with Gasteiger partial charge in [0.1, 0.15) is 12.0 Å². The molecule has 0 saturated carbocycles. The van der Waals surface area contributed by atoms with E-state index in [2.05, 4.69) is 24.0 Å². The molecular formula is C13H15NO2. The monoisotopic (exact) mass is 217 g/mol. The van der Waals surface area contributed by atoms with Gasteiger partial charge >= 0.3 is 0 Å². The molecule has 1 aromatic carbocycles. The highest BCUT2D eigenvalue weighted by molar-refractivity contribution is 5.27. The lowest BCUT2D eigenvalue weighted by molar-refractivity contribution is 0.194. The maximum Gasteiger partial charge on any atom is 0.198 e. The van der Waals surface area contributed by atoms with Crippen molar-refractivity contribution >= 4 is 0 Å². The molecule has 1 heterocycles. The lowest BCUT2D eigenvalue weighted by atomic mass is 10.1. The van der Waals surface area contributed by atoms with Crippen molar-refractivity contribution in [3.8, 4) is 0 Å². The third-order valence-electron chi connectivity index (χ3n) is 2.60. The molecule has 3 heteroatoms. The zero-order valence-corrected chi connectivity index (χ0v) is 9.47. The quantitative estimate of drug-likeness (QED) is 0.859. The minimum atomic E-state index is -0.575. The number of rotatable bonds is 3. The minimum absolute atomic E-state index is 0.575. The van der Waals surface area contributed by atoms with E-state index < -0.39 is 6.10 Å². The lowest BCUT2D eigenvalue weighted by Crippen LogP contribution is -1.94. The molecule has 1 aromatic heterocycles. The van der Waals surface area contributed by atoms with Crippen molar-refractivity contribution in [1.82, 2.24) is 4.98 Å². The number of aliphatic hydroxyl groups excluding tert-OH is 1. The maximum atomic E-state index is 9.34. The predicted molar refractivity (Wildman–Crippen MR) is 61.1 cm³/mol. The molecule has 0 amide bonds. The molecule has 2 aromatic rings. The Morgan fingerprint density at radius 3 is 2.75 bits per heavy atom. The standard InChI is InChI=1S/C13H15NO2/c1-9-5-3-4-6-11(9)7-13-14-12(8-16-13)10(2)15/h3-6,8,10,15H,7H2,1-2H3. The van der Waals surface area contributed by atoms with Gasteiger partial charge in [0.25, 0.3) is 0 Å². The van der Waals surface area contributed by atoms with Crippen LogP contribution in [0.15, 0.2) is 34.9 Å². The van der Waals surface area contributed by atoms with Crippen LogP contribution in [0.4, 0.5) is 0 Å². The van der Waals surface area contributed by atoms with E-state index in [1.54, 1.807) is 6.92 Å². The molecule has 0 fully saturated rings. The molecule has 1 unspecified atom stereocenters. The van der Waals surface area contributed by atoms with Gasteiger partial charge in [0.2, 0.25) is 0 Å². The van der Waals surface area contributed by atoms with Crippen molar-refractivity contribution < 1.29 is 9.52 Å². The summed E-state index contributed by atoms with van der Waals surface area (Å²) in [7, 11) is 0.